The van der Waals surface area contributed by atoms with Crippen LogP contribution in [0.25, 0.3) is 20.7 Å². The minimum atomic E-state index is -0.418. The number of thiophene rings is 1. The number of anilines is 1. The van der Waals surface area contributed by atoms with E-state index in [1.54, 1.807) is 6.07 Å². The highest BCUT2D eigenvalue weighted by Crippen LogP contribution is 2.37. The number of amides is 1. The Morgan fingerprint density at radius 2 is 2.17 bits per heavy atom. The summed E-state index contributed by atoms with van der Waals surface area (Å²) in [6.45, 7) is 3.62. The second kappa shape index (κ2) is 5.81. The molecule has 0 radical (unpaired) electrons. The van der Waals surface area contributed by atoms with Crippen molar-refractivity contribution in [2.75, 3.05) is 5.32 Å². The molecule has 0 saturated carbocycles. The highest BCUT2D eigenvalue weighted by atomic mass is 32.1. The molecule has 0 fully saturated rings. The first-order valence-electron chi connectivity index (χ1n) is 6.99. The lowest BCUT2D eigenvalue weighted by molar-refractivity contribution is -0.384. The van der Waals surface area contributed by atoms with Crippen molar-refractivity contribution < 1.29 is 9.72 Å². The normalized spacial score (nSPS) is 11.1. The number of nitrogens with zero attached hydrogens (tertiary/aromatic N) is 2. The van der Waals surface area contributed by atoms with Gasteiger partial charge in [-0.3, -0.25) is 20.0 Å². The molecule has 0 aliphatic rings. The van der Waals surface area contributed by atoms with Crippen LogP contribution < -0.4 is 5.32 Å². The molecule has 0 unspecified atom stereocenters. The van der Waals surface area contributed by atoms with Crippen molar-refractivity contribution in [1.29, 1.82) is 0 Å². The summed E-state index contributed by atoms with van der Waals surface area (Å²) in [5.74, 6) is 0.238. The van der Waals surface area contributed by atoms with Crippen molar-refractivity contribution in [2.45, 2.75) is 13.8 Å². The molecule has 1 aromatic carbocycles. The fraction of sp³-hybridized carbons (Fsp3) is 0.200. The third-order valence-corrected chi connectivity index (χ3v) is 4.53. The molecule has 3 rings (SSSR count). The number of nitro groups is 1. The summed E-state index contributed by atoms with van der Waals surface area (Å²) in [6, 6.07) is 8.33. The standard InChI is InChI=1S/C15H14N4O3S/c1-8(2)15(20)16-14-13-11(17-18-14)7-12(23-13)9-4-3-5-10(6-9)19(21)22/h3-8H,1-2H3,(H2,16,17,18,20). The SMILES string of the molecule is CC(C)C(=O)Nc1n[nH]c2cc(-c3cccc([N+](=O)[O-])c3)sc12. The van der Waals surface area contributed by atoms with Gasteiger partial charge in [0.2, 0.25) is 5.91 Å². The van der Waals surface area contributed by atoms with Crippen molar-refractivity contribution in [3.8, 4) is 10.4 Å². The molecule has 7 nitrogen and oxygen atoms in total. The molecular formula is C15H14N4O3S. The summed E-state index contributed by atoms with van der Waals surface area (Å²) < 4.78 is 0.820. The number of carbonyl (C=O) groups is 1. The van der Waals surface area contributed by atoms with Crippen LogP contribution in [0.3, 0.4) is 0 Å². The van der Waals surface area contributed by atoms with Gasteiger partial charge in [0.05, 0.1) is 15.1 Å². The zero-order chi connectivity index (χ0) is 16.6. The fourth-order valence-corrected chi connectivity index (χ4v) is 3.13. The monoisotopic (exact) mass is 330 g/mol. The van der Waals surface area contributed by atoms with Crippen molar-refractivity contribution in [3.63, 3.8) is 0 Å². The number of carbonyl (C=O) groups excluding carboxylic acids is 1. The number of aromatic nitrogens is 2. The van der Waals surface area contributed by atoms with Gasteiger partial charge in [0, 0.05) is 22.9 Å². The number of benzene rings is 1. The summed E-state index contributed by atoms with van der Waals surface area (Å²) in [6.07, 6.45) is 0. The molecule has 2 N–H and O–H groups in total. The largest absolute Gasteiger partial charge is 0.308 e. The topological polar surface area (TPSA) is 101 Å². The minimum Gasteiger partial charge on any atom is -0.308 e. The molecular weight excluding hydrogens is 316 g/mol. The predicted octanol–water partition coefficient (Wildman–Crippen LogP) is 3.79. The van der Waals surface area contributed by atoms with Crippen LogP contribution in [0.2, 0.25) is 0 Å². The van der Waals surface area contributed by atoms with Gasteiger partial charge in [-0.25, -0.2) is 0 Å². The molecule has 1 amide bonds. The van der Waals surface area contributed by atoms with Crippen LogP contribution in [-0.4, -0.2) is 21.0 Å². The van der Waals surface area contributed by atoms with Crippen LogP contribution in [0.15, 0.2) is 30.3 Å². The van der Waals surface area contributed by atoms with E-state index in [4.69, 9.17) is 0 Å². The average Bonchev–Trinajstić information content (AvgIpc) is 3.09. The number of nitro benzene ring substituents is 1. The van der Waals surface area contributed by atoms with Crippen LogP contribution >= 0.6 is 11.3 Å². The smallest absolute Gasteiger partial charge is 0.270 e. The molecule has 0 bridgehead atoms. The van der Waals surface area contributed by atoms with E-state index in [0.29, 0.717) is 5.82 Å². The van der Waals surface area contributed by atoms with E-state index in [1.807, 2.05) is 26.0 Å². The number of H-pyrrole nitrogens is 1. The van der Waals surface area contributed by atoms with Gasteiger partial charge in [0.1, 0.15) is 0 Å². The van der Waals surface area contributed by atoms with Crippen molar-refractivity contribution >= 4 is 39.0 Å². The second-order valence-corrected chi connectivity index (χ2v) is 6.43. The van der Waals surface area contributed by atoms with Gasteiger partial charge in [-0.15, -0.1) is 11.3 Å². The molecule has 2 heterocycles. The van der Waals surface area contributed by atoms with Crippen LogP contribution in [0, 0.1) is 16.0 Å². The molecule has 0 aliphatic carbocycles. The van der Waals surface area contributed by atoms with Gasteiger partial charge < -0.3 is 5.32 Å². The van der Waals surface area contributed by atoms with Gasteiger partial charge in [-0.1, -0.05) is 26.0 Å². The van der Waals surface area contributed by atoms with Gasteiger partial charge in [-0.2, -0.15) is 5.10 Å². The Morgan fingerprint density at radius 1 is 1.39 bits per heavy atom. The molecule has 0 spiro atoms. The molecule has 8 heteroatoms. The van der Waals surface area contributed by atoms with Crippen LogP contribution in [0.1, 0.15) is 13.8 Å². The molecule has 118 valence electrons. The first-order valence-corrected chi connectivity index (χ1v) is 7.81. The summed E-state index contributed by atoms with van der Waals surface area (Å²) in [4.78, 5) is 23.2. The Balaban J connectivity index is 1.98. The lowest BCUT2D eigenvalue weighted by atomic mass is 10.1. The van der Waals surface area contributed by atoms with Gasteiger partial charge in [-0.05, 0) is 11.6 Å². The third kappa shape index (κ3) is 2.93. The number of fused-ring (bicyclic) bond motifs is 1. The van der Waals surface area contributed by atoms with Gasteiger partial charge >= 0.3 is 0 Å². The Morgan fingerprint density at radius 3 is 2.87 bits per heavy atom. The van der Waals surface area contributed by atoms with Crippen molar-refractivity contribution in [2.24, 2.45) is 5.92 Å². The summed E-state index contributed by atoms with van der Waals surface area (Å²) in [5, 5.41) is 20.6. The number of hydrogen-bond acceptors (Lipinski definition) is 5. The predicted molar refractivity (Wildman–Crippen MR) is 89.5 cm³/mol. The van der Waals surface area contributed by atoms with Gasteiger partial charge in [0.25, 0.3) is 5.69 Å². The molecule has 3 aromatic rings. The summed E-state index contributed by atoms with van der Waals surface area (Å²) in [5.41, 5.74) is 1.59. The Hall–Kier alpha value is -2.74. The first-order chi connectivity index (χ1) is 11.0. The first kappa shape index (κ1) is 15.2. The van der Waals surface area contributed by atoms with E-state index < -0.39 is 4.92 Å². The van der Waals surface area contributed by atoms with E-state index in [0.717, 1.165) is 20.7 Å². The van der Waals surface area contributed by atoms with E-state index in [2.05, 4.69) is 15.5 Å². The van der Waals surface area contributed by atoms with E-state index in [9.17, 15) is 14.9 Å². The molecule has 0 saturated heterocycles. The zero-order valence-corrected chi connectivity index (χ0v) is 13.3. The summed E-state index contributed by atoms with van der Waals surface area (Å²) in [7, 11) is 0. The van der Waals surface area contributed by atoms with Crippen molar-refractivity contribution in [3.05, 3.63) is 40.4 Å². The van der Waals surface area contributed by atoms with E-state index in [-0.39, 0.29) is 17.5 Å². The maximum absolute atomic E-state index is 11.8. The Kier molecular flexibility index (Phi) is 3.83. The Labute approximate surface area is 135 Å². The third-order valence-electron chi connectivity index (χ3n) is 3.34. The number of nitrogens with one attached hydrogen (secondary N) is 2. The lowest BCUT2D eigenvalue weighted by Crippen LogP contribution is -2.17. The highest BCUT2D eigenvalue weighted by Gasteiger charge is 2.16. The Bertz CT molecular complexity index is 897. The number of non-ortho nitro benzene ring substituents is 1. The molecule has 0 aliphatic heterocycles. The molecule has 23 heavy (non-hydrogen) atoms. The van der Waals surface area contributed by atoms with Crippen molar-refractivity contribution in [1.82, 2.24) is 10.2 Å². The number of rotatable bonds is 4. The summed E-state index contributed by atoms with van der Waals surface area (Å²) >= 11 is 1.43. The highest BCUT2D eigenvalue weighted by molar-refractivity contribution is 7.22. The number of hydrogen-bond donors (Lipinski definition) is 2. The maximum Gasteiger partial charge on any atom is 0.270 e. The maximum atomic E-state index is 11.8. The van der Waals surface area contributed by atoms with E-state index in [1.165, 1.54) is 23.5 Å². The van der Waals surface area contributed by atoms with Gasteiger partial charge in [0.15, 0.2) is 5.82 Å². The zero-order valence-electron chi connectivity index (χ0n) is 12.5. The molecule has 0 atom stereocenters. The quantitative estimate of drug-likeness (QED) is 0.561. The fourth-order valence-electron chi connectivity index (χ4n) is 2.08. The molecule has 2 aromatic heterocycles. The second-order valence-electron chi connectivity index (χ2n) is 5.38. The van der Waals surface area contributed by atoms with Crippen LogP contribution in [-0.2, 0) is 4.79 Å². The van der Waals surface area contributed by atoms with E-state index >= 15 is 0 Å². The lowest BCUT2D eigenvalue weighted by Gasteiger charge is -2.03. The average molecular weight is 330 g/mol. The number of aromatic amines is 1. The van der Waals surface area contributed by atoms with Crippen LogP contribution in [0.4, 0.5) is 11.5 Å². The van der Waals surface area contributed by atoms with Crippen LogP contribution in [0.5, 0.6) is 0 Å². The minimum absolute atomic E-state index is 0.0472.